The van der Waals surface area contributed by atoms with E-state index in [1.165, 1.54) is 12.1 Å². The quantitative estimate of drug-likeness (QED) is 0.802. The maximum absolute atomic E-state index is 12.8. The number of halogens is 1. The second-order valence-electron chi connectivity index (χ2n) is 6.12. The number of benzene rings is 2. The average Bonchev–Trinajstić information content (AvgIpc) is 2.54. The van der Waals surface area contributed by atoms with Crippen LogP contribution in [-0.4, -0.2) is 8.42 Å². The number of sulfonamides is 1. The van der Waals surface area contributed by atoms with Gasteiger partial charge in [0.25, 0.3) is 0 Å². The van der Waals surface area contributed by atoms with Crippen molar-refractivity contribution in [1.29, 1.82) is 5.26 Å². The molecule has 0 spiro atoms. The summed E-state index contributed by atoms with van der Waals surface area (Å²) in [6.07, 6.45) is 2.58. The lowest BCUT2D eigenvalue weighted by molar-refractivity contribution is 0.507. The Morgan fingerprint density at radius 3 is 2.68 bits per heavy atom. The van der Waals surface area contributed by atoms with Crippen molar-refractivity contribution in [2.24, 2.45) is 0 Å². The molecule has 0 bridgehead atoms. The summed E-state index contributed by atoms with van der Waals surface area (Å²) < 4.78 is 28.4. The molecule has 5 nitrogen and oxygen atoms in total. The van der Waals surface area contributed by atoms with Crippen LogP contribution in [0.5, 0.6) is 0 Å². The fourth-order valence-corrected chi connectivity index (χ4v) is 4.70. The number of hydrogen-bond acceptors (Lipinski definition) is 4. The van der Waals surface area contributed by atoms with E-state index < -0.39 is 10.0 Å². The minimum Gasteiger partial charge on any atom is -0.399 e. The van der Waals surface area contributed by atoms with Gasteiger partial charge in [0.2, 0.25) is 10.0 Å². The maximum atomic E-state index is 12.8. The van der Waals surface area contributed by atoms with E-state index in [2.05, 4.69) is 4.72 Å². The molecule has 0 saturated carbocycles. The lowest BCUT2D eigenvalue weighted by Gasteiger charge is -2.26. The van der Waals surface area contributed by atoms with E-state index in [0.717, 1.165) is 30.4 Å². The molecule has 0 amide bonds. The van der Waals surface area contributed by atoms with Crippen molar-refractivity contribution in [2.75, 3.05) is 5.73 Å². The molecule has 7 heteroatoms. The summed E-state index contributed by atoms with van der Waals surface area (Å²) >= 11 is 0. The summed E-state index contributed by atoms with van der Waals surface area (Å²) in [5, 5.41) is 8.92. The second-order valence-corrected chi connectivity index (χ2v) is 7.80. The van der Waals surface area contributed by atoms with Crippen molar-refractivity contribution in [3.8, 4) is 6.07 Å². The van der Waals surface area contributed by atoms with Gasteiger partial charge in [-0.3, -0.25) is 0 Å². The number of nitrogens with zero attached hydrogens (tertiary/aromatic N) is 1. The number of nitrogens with two attached hydrogens (primary N) is 1. The van der Waals surface area contributed by atoms with Gasteiger partial charge in [0, 0.05) is 11.7 Å². The van der Waals surface area contributed by atoms with Crippen LogP contribution < -0.4 is 10.5 Å². The number of hydrogen-bond donors (Lipinski definition) is 2. The molecule has 2 aromatic rings. The molecule has 1 atom stereocenters. The first-order valence-corrected chi connectivity index (χ1v) is 9.30. The molecule has 0 aliphatic heterocycles. The third-order valence-electron chi connectivity index (χ3n) is 4.37. The molecule has 1 aliphatic rings. The highest BCUT2D eigenvalue weighted by Gasteiger charge is 2.26. The zero-order chi connectivity index (χ0) is 17.3. The third kappa shape index (κ3) is 3.96. The minimum atomic E-state index is -3.66. The molecule has 2 aromatic carbocycles. The standard InChI is InChI=1S/C18H19N3O2S.ClH/c1-12-9-13(11-19)5-8-18(12)24(22,23)21-17-4-2-3-14-10-15(20)6-7-16(14)17;/h5-10,17,21H,2-4,20H2,1H3;1H. The topological polar surface area (TPSA) is 96.0 Å². The number of nitrogens with one attached hydrogen (secondary N) is 1. The van der Waals surface area contributed by atoms with E-state index in [4.69, 9.17) is 11.0 Å². The predicted octanol–water partition coefficient (Wildman–Crippen LogP) is 3.23. The van der Waals surface area contributed by atoms with E-state index in [1.807, 2.05) is 18.2 Å². The Labute approximate surface area is 154 Å². The van der Waals surface area contributed by atoms with Gasteiger partial charge in [0.15, 0.2) is 0 Å². The zero-order valence-electron chi connectivity index (χ0n) is 13.8. The number of rotatable bonds is 3. The van der Waals surface area contributed by atoms with E-state index >= 15 is 0 Å². The SMILES string of the molecule is Cc1cc(C#N)ccc1S(=O)(=O)NC1CCCc2cc(N)ccc21.Cl. The van der Waals surface area contributed by atoms with Crippen molar-refractivity contribution in [3.05, 3.63) is 58.7 Å². The normalized spacial score (nSPS) is 16.4. The molecule has 1 unspecified atom stereocenters. The number of nitriles is 1. The van der Waals surface area contributed by atoms with Gasteiger partial charge in [-0.25, -0.2) is 13.1 Å². The number of fused-ring (bicyclic) bond motifs is 1. The largest absolute Gasteiger partial charge is 0.399 e. The van der Waals surface area contributed by atoms with Gasteiger partial charge in [0.05, 0.1) is 16.5 Å². The Kier molecular flexibility index (Phi) is 5.73. The summed E-state index contributed by atoms with van der Waals surface area (Å²) in [7, 11) is -3.66. The number of anilines is 1. The van der Waals surface area contributed by atoms with Gasteiger partial charge < -0.3 is 5.73 Å². The average molecular weight is 378 g/mol. The number of nitrogen functional groups attached to an aromatic ring is 1. The van der Waals surface area contributed by atoms with Crippen LogP contribution in [0.3, 0.4) is 0 Å². The molecular formula is C18H20ClN3O2S. The number of aryl methyl sites for hydroxylation is 2. The van der Waals surface area contributed by atoms with E-state index in [9.17, 15) is 8.42 Å². The first-order valence-electron chi connectivity index (χ1n) is 7.82. The van der Waals surface area contributed by atoms with Crippen molar-refractivity contribution >= 4 is 28.1 Å². The Hall–Kier alpha value is -2.07. The molecule has 132 valence electrons. The van der Waals surface area contributed by atoms with Gasteiger partial charge in [0.1, 0.15) is 0 Å². The highest BCUT2D eigenvalue weighted by Crippen LogP contribution is 2.32. The second kappa shape index (κ2) is 7.44. The van der Waals surface area contributed by atoms with Crippen LogP contribution in [0.2, 0.25) is 0 Å². The molecule has 0 fully saturated rings. The first kappa shape index (κ1) is 19.3. The molecule has 1 aliphatic carbocycles. The summed E-state index contributed by atoms with van der Waals surface area (Å²) in [5.74, 6) is 0. The van der Waals surface area contributed by atoms with Crippen LogP contribution in [0.25, 0.3) is 0 Å². The van der Waals surface area contributed by atoms with E-state index in [1.54, 1.807) is 19.1 Å². The first-order chi connectivity index (χ1) is 11.4. The van der Waals surface area contributed by atoms with Crippen LogP contribution >= 0.6 is 12.4 Å². The fraction of sp³-hybridized carbons (Fsp3) is 0.278. The lowest BCUT2D eigenvalue weighted by Crippen LogP contribution is -2.31. The molecule has 3 N–H and O–H groups in total. The van der Waals surface area contributed by atoms with Gasteiger partial charge in [-0.15, -0.1) is 12.4 Å². The summed E-state index contributed by atoms with van der Waals surface area (Å²) in [4.78, 5) is 0.212. The minimum absolute atomic E-state index is 0. The Balaban J connectivity index is 0.00000225. The predicted molar refractivity (Wildman–Crippen MR) is 100.0 cm³/mol. The molecule has 3 rings (SSSR count). The van der Waals surface area contributed by atoms with Gasteiger partial charge in [-0.2, -0.15) is 5.26 Å². The maximum Gasteiger partial charge on any atom is 0.241 e. The molecule has 0 aromatic heterocycles. The van der Waals surface area contributed by atoms with Crippen LogP contribution in [-0.2, 0) is 16.4 Å². The van der Waals surface area contributed by atoms with Gasteiger partial charge in [-0.1, -0.05) is 6.07 Å². The summed E-state index contributed by atoms with van der Waals surface area (Å²) in [6.45, 7) is 1.70. The van der Waals surface area contributed by atoms with Crippen LogP contribution in [0.15, 0.2) is 41.3 Å². The van der Waals surface area contributed by atoms with Gasteiger partial charge in [-0.05, 0) is 73.2 Å². The summed E-state index contributed by atoms with van der Waals surface area (Å²) in [5.41, 5.74) is 9.63. The van der Waals surface area contributed by atoms with E-state index in [0.29, 0.717) is 16.8 Å². The van der Waals surface area contributed by atoms with E-state index in [-0.39, 0.29) is 23.3 Å². The molecule has 25 heavy (non-hydrogen) atoms. The molecule has 0 saturated heterocycles. The van der Waals surface area contributed by atoms with Crippen molar-refractivity contribution in [1.82, 2.24) is 4.72 Å². The Morgan fingerprint density at radius 1 is 1.24 bits per heavy atom. The third-order valence-corrected chi connectivity index (χ3v) is 6.00. The smallest absolute Gasteiger partial charge is 0.241 e. The zero-order valence-corrected chi connectivity index (χ0v) is 15.5. The van der Waals surface area contributed by atoms with Crippen molar-refractivity contribution in [3.63, 3.8) is 0 Å². The van der Waals surface area contributed by atoms with Gasteiger partial charge >= 0.3 is 0 Å². The monoisotopic (exact) mass is 377 g/mol. The fourth-order valence-electron chi connectivity index (χ4n) is 3.23. The Bertz CT molecular complexity index is 936. The molecule has 0 heterocycles. The Morgan fingerprint density at radius 2 is 2.00 bits per heavy atom. The van der Waals surface area contributed by atoms with Crippen LogP contribution in [0.4, 0.5) is 5.69 Å². The lowest BCUT2D eigenvalue weighted by atomic mass is 9.88. The highest BCUT2D eigenvalue weighted by atomic mass is 35.5. The summed E-state index contributed by atoms with van der Waals surface area (Å²) in [6, 6.07) is 12.0. The van der Waals surface area contributed by atoms with Crippen molar-refractivity contribution in [2.45, 2.75) is 37.1 Å². The highest BCUT2D eigenvalue weighted by molar-refractivity contribution is 7.89. The van der Waals surface area contributed by atoms with Crippen LogP contribution in [0, 0.1) is 18.3 Å². The van der Waals surface area contributed by atoms with Crippen molar-refractivity contribution < 1.29 is 8.42 Å². The molecule has 0 radical (unpaired) electrons. The van der Waals surface area contributed by atoms with Crippen LogP contribution in [0.1, 0.15) is 41.1 Å². The molecular weight excluding hydrogens is 358 g/mol.